The van der Waals surface area contributed by atoms with Crippen LogP contribution >= 0.6 is 0 Å². The monoisotopic (exact) mass is 273 g/mol. The first-order chi connectivity index (χ1) is 9.76. The summed E-state index contributed by atoms with van der Waals surface area (Å²) in [6.45, 7) is 3.52. The maximum absolute atomic E-state index is 5.91. The average Bonchev–Trinajstić information content (AvgIpc) is 3.06. The van der Waals surface area contributed by atoms with E-state index < -0.39 is 0 Å². The normalized spacial score (nSPS) is 16.8. The van der Waals surface area contributed by atoms with E-state index in [1.54, 1.807) is 13.4 Å². The Balaban J connectivity index is 1.73. The number of nitrogens with one attached hydrogen (secondary N) is 1. The standard InChI is InChI=1S/C16H19NO3/c1-11-6-12-7-15(18-2)8-13(16(12)20-11)9-17-10-14-4-3-5-19-14/h3-5,7-8,11,17H,6,9-10H2,1-2H3. The zero-order valence-electron chi connectivity index (χ0n) is 11.8. The van der Waals surface area contributed by atoms with Crippen molar-refractivity contribution in [1.82, 2.24) is 5.32 Å². The fourth-order valence-electron chi connectivity index (χ4n) is 2.56. The second-order valence-electron chi connectivity index (χ2n) is 5.09. The number of rotatable bonds is 5. The van der Waals surface area contributed by atoms with Crippen LogP contribution in [0.5, 0.6) is 11.5 Å². The highest BCUT2D eigenvalue weighted by Gasteiger charge is 2.23. The first-order valence-electron chi connectivity index (χ1n) is 6.86. The van der Waals surface area contributed by atoms with Gasteiger partial charge in [0.05, 0.1) is 19.9 Å². The molecule has 20 heavy (non-hydrogen) atoms. The lowest BCUT2D eigenvalue weighted by molar-refractivity contribution is 0.252. The lowest BCUT2D eigenvalue weighted by Gasteiger charge is -2.12. The number of ether oxygens (including phenoxy) is 2. The van der Waals surface area contributed by atoms with E-state index in [-0.39, 0.29) is 6.10 Å². The van der Waals surface area contributed by atoms with Crippen LogP contribution in [0.4, 0.5) is 0 Å². The Morgan fingerprint density at radius 2 is 2.25 bits per heavy atom. The molecule has 1 N–H and O–H groups in total. The van der Waals surface area contributed by atoms with Gasteiger partial charge in [0.1, 0.15) is 23.4 Å². The van der Waals surface area contributed by atoms with Crippen LogP contribution in [0.1, 0.15) is 23.8 Å². The minimum absolute atomic E-state index is 0.237. The van der Waals surface area contributed by atoms with Crippen molar-refractivity contribution >= 4 is 0 Å². The van der Waals surface area contributed by atoms with Gasteiger partial charge in [0, 0.05) is 24.1 Å². The Hall–Kier alpha value is -1.94. The predicted molar refractivity (Wildman–Crippen MR) is 76.0 cm³/mol. The van der Waals surface area contributed by atoms with Crippen molar-refractivity contribution in [3.63, 3.8) is 0 Å². The summed E-state index contributed by atoms with van der Waals surface area (Å²) in [5, 5.41) is 3.37. The molecular formula is C16H19NO3. The van der Waals surface area contributed by atoms with E-state index in [4.69, 9.17) is 13.9 Å². The van der Waals surface area contributed by atoms with Crippen LogP contribution in [-0.2, 0) is 19.5 Å². The number of hydrogen-bond donors (Lipinski definition) is 1. The van der Waals surface area contributed by atoms with Gasteiger partial charge in [0.15, 0.2) is 0 Å². The van der Waals surface area contributed by atoms with Gasteiger partial charge < -0.3 is 19.2 Å². The van der Waals surface area contributed by atoms with Crippen LogP contribution < -0.4 is 14.8 Å². The molecule has 4 heteroatoms. The predicted octanol–water partition coefficient (Wildman–Crippen LogP) is 2.90. The molecular weight excluding hydrogens is 254 g/mol. The molecule has 0 aliphatic carbocycles. The topological polar surface area (TPSA) is 43.6 Å². The van der Waals surface area contributed by atoms with Gasteiger partial charge in [0.25, 0.3) is 0 Å². The third-order valence-corrected chi connectivity index (χ3v) is 3.47. The lowest BCUT2D eigenvalue weighted by atomic mass is 10.1. The first kappa shape index (κ1) is 13.1. The molecule has 0 radical (unpaired) electrons. The van der Waals surface area contributed by atoms with E-state index in [0.29, 0.717) is 6.54 Å². The summed E-state index contributed by atoms with van der Waals surface area (Å²) in [7, 11) is 1.70. The van der Waals surface area contributed by atoms with E-state index in [9.17, 15) is 0 Å². The molecule has 0 saturated carbocycles. The molecule has 106 valence electrons. The summed E-state index contributed by atoms with van der Waals surface area (Å²) < 4.78 is 16.6. The zero-order chi connectivity index (χ0) is 13.9. The van der Waals surface area contributed by atoms with E-state index in [1.165, 1.54) is 5.56 Å². The largest absolute Gasteiger partial charge is 0.497 e. The Morgan fingerprint density at radius 3 is 3.00 bits per heavy atom. The molecule has 4 nitrogen and oxygen atoms in total. The van der Waals surface area contributed by atoms with Crippen LogP contribution in [-0.4, -0.2) is 13.2 Å². The minimum atomic E-state index is 0.237. The minimum Gasteiger partial charge on any atom is -0.497 e. The summed E-state index contributed by atoms with van der Waals surface area (Å²) in [6, 6.07) is 7.95. The number of fused-ring (bicyclic) bond motifs is 1. The molecule has 1 aliphatic rings. The lowest BCUT2D eigenvalue weighted by Crippen LogP contribution is -2.13. The van der Waals surface area contributed by atoms with Gasteiger partial charge in [-0.2, -0.15) is 0 Å². The van der Waals surface area contributed by atoms with Crippen LogP contribution in [0.15, 0.2) is 34.9 Å². The SMILES string of the molecule is COc1cc(CNCc2ccco2)c2c(c1)CC(C)O2. The quantitative estimate of drug-likeness (QED) is 0.909. The van der Waals surface area contributed by atoms with Gasteiger partial charge in [-0.25, -0.2) is 0 Å². The smallest absolute Gasteiger partial charge is 0.127 e. The molecule has 1 unspecified atom stereocenters. The second kappa shape index (κ2) is 5.59. The summed E-state index contributed by atoms with van der Waals surface area (Å²) in [5.74, 6) is 2.82. The molecule has 0 spiro atoms. The fraction of sp³-hybridized carbons (Fsp3) is 0.375. The van der Waals surface area contributed by atoms with Crippen molar-refractivity contribution in [2.45, 2.75) is 32.5 Å². The van der Waals surface area contributed by atoms with Gasteiger partial charge in [-0.05, 0) is 31.2 Å². The molecule has 1 aromatic heterocycles. The summed E-state index contributed by atoms with van der Waals surface area (Å²) in [4.78, 5) is 0. The van der Waals surface area contributed by atoms with Crippen molar-refractivity contribution < 1.29 is 13.9 Å². The Bertz CT molecular complexity index is 578. The summed E-state index contributed by atoms with van der Waals surface area (Å²) >= 11 is 0. The highest BCUT2D eigenvalue weighted by atomic mass is 16.5. The highest BCUT2D eigenvalue weighted by Crippen LogP contribution is 2.36. The van der Waals surface area contributed by atoms with Crippen molar-refractivity contribution in [2.75, 3.05) is 7.11 Å². The van der Waals surface area contributed by atoms with Crippen LogP contribution in [0.25, 0.3) is 0 Å². The zero-order valence-corrected chi connectivity index (χ0v) is 11.8. The van der Waals surface area contributed by atoms with Crippen molar-refractivity contribution in [1.29, 1.82) is 0 Å². The molecule has 3 rings (SSSR count). The van der Waals surface area contributed by atoms with Gasteiger partial charge in [0.2, 0.25) is 0 Å². The van der Waals surface area contributed by atoms with Gasteiger partial charge in [-0.15, -0.1) is 0 Å². The number of methoxy groups -OCH3 is 1. The molecule has 2 aromatic rings. The Morgan fingerprint density at radius 1 is 1.35 bits per heavy atom. The maximum Gasteiger partial charge on any atom is 0.127 e. The van der Waals surface area contributed by atoms with Crippen molar-refractivity contribution in [3.8, 4) is 11.5 Å². The molecule has 0 bridgehead atoms. The van der Waals surface area contributed by atoms with Gasteiger partial charge in [-0.3, -0.25) is 0 Å². The molecule has 0 amide bonds. The van der Waals surface area contributed by atoms with E-state index in [1.807, 2.05) is 18.2 Å². The molecule has 0 saturated heterocycles. The Labute approximate surface area is 118 Å². The van der Waals surface area contributed by atoms with Gasteiger partial charge in [-0.1, -0.05) is 0 Å². The third kappa shape index (κ3) is 2.65. The third-order valence-electron chi connectivity index (χ3n) is 3.47. The van der Waals surface area contributed by atoms with Gasteiger partial charge >= 0.3 is 0 Å². The number of benzene rings is 1. The molecule has 1 atom stereocenters. The molecule has 2 heterocycles. The van der Waals surface area contributed by atoms with Crippen LogP contribution in [0, 0.1) is 0 Å². The maximum atomic E-state index is 5.91. The summed E-state index contributed by atoms with van der Waals surface area (Å²) in [5.41, 5.74) is 2.36. The highest BCUT2D eigenvalue weighted by molar-refractivity contribution is 5.49. The van der Waals surface area contributed by atoms with E-state index in [2.05, 4.69) is 18.3 Å². The average molecular weight is 273 g/mol. The molecule has 0 fully saturated rings. The fourth-order valence-corrected chi connectivity index (χ4v) is 2.56. The van der Waals surface area contributed by atoms with Crippen molar-refractivity contribution in [2.24, 2.45) is 0 Å². The van der Waals surface area contributed by atoms with E-state index >= 15 is 0 Å². The molecule has 1 aliphatic heterocycles. The molecule has 1 aromatic carbocycles. The van der Waals surface area contributed by atoms with Crippen LogP contribution in [0.3, 0.4) is 0 Å². The second-order valence-corrected chi connectivity index (χ2v) is 5.09. The first-order valence-corrected chi connectivity index (χ1v) is 6.86. The van der Waals surface area contributed by atoms with E-state index in [0.717, 1.165) is 35.8 Å². The van der Waals surface area contributed by atoms with Crippen molar-refractivity contribution in [3.05, 3.63) is 47.4 Å². The Kier molecular flexibility index (Phi) is 3.65. The number of furan rings is 1. The number of hydrogen-bond acceptors (Lipinski definition) is 4. The van der Waals surface area contributed by atoms with Crippen LogP contribution in [0.2, 0.25) is 0 Å². The summed E-state index contributed by atoms with van der Waals surface area (Å²) in [6.07, 6.45) is 2.86.